The molecule has 0 atom stereocenters. The van der Waals surface area contributed by atoms with Gasteiger partial charge in [0.05, 0.1) is 24.3 Å². The Hall–Kier alpha value is -3.43. The SMILES string of the molecule is CC.Cc1ccc2nc(N)c(-c3ccc(C(=O)N4CCOCC4)cc3)c(C#N)c2c1. The zero-order valence-corrected chi connectivity index (χ0v) is 17.6. The number of hydrogen-bond donors (Lipinski definition) is 1. The third-order valence-corrected chi connectivity index (χ3v) is 5.00. The molecule has 1 aliphatic rings. The minimum Gasteiger partial charge on any atom is -0.383 e. The van der Waals surface area contributed by atoms with Crippen molar-refractivity contribution in [3.8, 4) is 17.2 Å². The lowest BCUT2D eigenvalue weighted by Gasteiger charge is -2.26. The molecule has 2 heterocycles. The van der Waals surface area contributed by atoms with Gasteiger partial charge in [0.25, 0.3) is 5.91 Å². The number of ether oxygens (including phenoxy) is 1. The van der Waals surface area contributed by atoms with E-state index in [0.29, 0.717) is 54.3 Å². The van der Waals surface area contributed by atoms with Gasteiger partial charge < -0.3 is 15.4 Å². The van der Waals surface area contributed by atoms with Crippen LogP contribution in [-0.2, 0) is 4.74 Å². The minimum atomic E-state index is -0.0180. The number of fused-ring (bicyclic) bond motifs is 1. The smallest absolute Gasteiger partial charge is 0.254 e. The molecule has 0 saturated carbocycles. The fourth-order valence-electron chi connectivity index (χ4n) is 3.53. The molecule has 6 nitrogen and oxygen atoms in total. The van der Waals surface area contributed by atoms with E-state index in [1.165, 1.54) is 0 Å². The summed E-state index contributed by atoms with van der Waals surface area (Å²) in [4.78, 5) is 18.9. The lowest BCUT2D eigenvalue weighted by molar-refractivity contribution is 0.0303. The summed E-state index contributed by atoms with van der Waals surface area (Å²) >= 11 is 0. The van der Waals surface area contributed by atoms with Gasteiger partial charge in [0.2, 0.25) is 0 Å². The van der Waals surface area contributed by atoms with E-state index in [4.69, 9.17) is 10.5 Å². The molecule has 3 aromatic rings. The van der Waals surface area contributed by atoms with Crippen molar-refractivity contribution in [2.45, 2.75) is 20.8 Å². The third kappa shape index (κ3) is 4.12. The predicted molar refractivity (Wildman–Crippen MR) is 119 cm³/mol. The van der Waals surface area contributed by atoms with Crippen molar-refractivity contribution in [2.24, 2.45) is 0 Å². The number of rotatable bonds is 2. The molecule has 2 N–H and O–H groups in total. The first-order chi connectivity index (χ1) is 14.6. The zero-order chi connectivity index (χ0) is 21.7. The average Bonchev–Trinajstić information content (AvgIpc) is 2.80. The van der Waals surface area contributed by atoms with E-state index in [-0.39, 0.29) is 5.91 Å². The lowest BCUT2D eigenvalue weighted by atomic mass is 9.96. The van der Waals surface area contributed by atoms with E-state index in [1.54, 1.807) is 17.0 Å². The molecule has 0 unspecified atom stereocenters. The van der Waals surface area contributed by atoms with Crippen LogP contribution in [0.25, 0.3) is 22.0 Å². The number of nitrogens with zero attached hydrogens (tertiary/aromatic N) is 3. The number of morpholine rings is 1. The van der Waals surface area contributed by atoms with Crippen LogP contribution < -0.4 is 5.73 Å². The number of carbonyl (C=O) groups excluding carboxylic acids is 1. The molecule has 6 heteroatoms. The molecule has 1 aromatic heterocycles. The lowest BCUT2D eigenvalue weighted by Crippen LogP contribution is -2.40. The first-order valence-corrected chi connectivity index (χ1v) is 10.2. The van der Waals surface area contributed by atoms with Gasteiger partial charge in [0, 0.05) is 29.6 Å². The summed E-state index contributed by atoms with van der Waals surface area (Å²) in [5.74, 6) is 0.288. The van der Waals surface area contributed by atoms with E-state index in [1.807, 2.05) is 51.1 Å². The Morgan fingerprint density at radius 2 is 1.80 bits per heavy atom. The van der Waals surface area contributed by atoms with Crippen molar-refractivity contribution < 1.29 is 9.53 Å². The van der Waals surface area contributed by atoms with Crippen LogP contribution in [0.5, 0.6) is 0 Å². The number of aryl methyl sites for hydroxylation is 1. The van der Waals surface area contributed by atoms with E-state index in [9.17, 15) is 10.1 Å². The Kier molecular flexibility index (Phi) is 6.65. The number of benzene rings is 2. The van der Waals surface area contributed by atoms with Crippen molar-refractivity contribution in [1.82, 2.24) is 9.88 Å². The van der Waals surface area contributed by atoms with Gasteiger partial charge in [0.1, 0.15) is 11.9 Å². The fraction of sp³-hybridized carbons (Fsp3) is 0.292. The van der Waals surface area contributed by atoms with Gasteiger partial charge in [-0.15, -0.1) is 0 Å². The molecular formula is C24H26N4O2. The Balaban J connectivity index is 0.00000124. The molecule has 0 spiro atoms. The predicted octanol–water partition coefficient (Wildman–Crippen LogP) is 4.16. The first-order valence-electron chi connectivity index (χ1n) is 10.2. The topological polar surface area (TPSA) is 92.2 Å². The molecule has 0 bridgehead atoms. The molecule has 1 saturated heterocycles. The molecule has 1 aliphatic heterocycles. The Morgan fingerprint density at radius 3 is 2.43 bits per heavy atom. The van der Waals surface area contributed by atoms with Crippen molar-refractivity contribution in [3.05, 3.63) is 59.2 Å². The minimum absolute atomic E-state index is 0.0180. The maximum Gasteiger partial charge on any atom is 0.254 e. The number of carbonyl (C=O) groups is 1. The summed E-state index contributed by atoms with van der Waals surface area (Å²) in [6.07, 6.45) is 0. The van der Waals surface area contributed by atoms with Crippen LogP contribution >= 0.6 is 0 Å². The highest BCUT2D eigenvalue weighted by atomic mass is 16.5. The van der Waals surface area contributed by atoms with E-state index in [2.05, 4.69) is 11.1 Å². The first kappa shape index (κ1) is 21.3. The summed E-state index contributed by atoms with van der Waals surface area (Å²) in [6, 6.07) is 15.2. The molecule has 0 radical (unpaired) electrons. The van der Waals surface area contributed by atoms with Crippen LogP contribution in [0.15, 0.2) is 42.5 Å². The zero-order valence-electron chi connectivity index (χ0n) is 17.6. The summed E-state index contributed by atoms with van der Waals surface area (Å²) in [6.45, 7) is 8.30. The van der Waals surface area contributed by atoms with E-state index in [0.717, 1.165) is 16.5 Å². The number of hydrogen-bond acceptors (Lipinski definition) is 5. The molecule has 1 fully saturated rings. The van der Waals surface area contributed by atoms with Gasteiger partial charge in [0.15, 0.2) is 0 Å². The number of aromatic nitrogens is 1. The van der Waals surface area contributed by atoms with Crippen molar-refractivity contribution >= 4 is 22.6 Å². The van der Waals surface area contributed by atoms with Crippen LogP contribution in [0, 0.1) is 18.3 Å². The average molecular weight is 402 g/mol. The standard InChI is InChI=1S/C22H20N4O2.C2H6/c1-14-2-7-19-17(12-14)18(13-23)20(21(24)25-19)15-3-5-16(6-4-15)22(27)26-8-10-28-11-9-26;1-2/h2-7,12H,8-11H2,1H3,(H2,24,25);1-2H3. The second-order valence-electron chi connectivity index (χ2n) is 6.86. The normalized spacial score (nSPS) is 13.3. The van der Waals surface area contributed by atoms with Crippen LogP contribution in [0.3, 0.4) is 0 Å². The number of nitrogens with two attached hydrogens (primary N) is 1. The maximum absolute atomic E-state index is 12.6. The number of nitrogen functional groups attached to an aromatic ring is 1. The number of nitriles is 1. The third-order valence-electron chi connectivity index (χ3n) is 5.00. The number of anilines is 1. The van der Waals surface area contributed by atoms with Crippen molar-refractivity contribution in [3.63, 3.8) is 0 Å². The van der Waals surface area contributed by atoms with Gasteiger partial charge in [-0.1, -0.05) is 37.6 Å². The monoisotopic (exact) mass is 402 g/mol. The highest BCUT2D eigenvalue weighted by molar-refractivity contribution is 5.98. The van der Waals surface area contributed by atoms with Crippen LogP contribution in [0.4, 0.5) is 5.82 Å². The Labute approximate surface area is 176 Å². The summed E-state index contributed by atoms with van der Waals surface area (Å²) < 4.78 is 5.30. The highest BCUT2D eigenvalue weighted by Gasteiger charge is 2.20. The molecule has 154 valence electrons. The summed E-state index contributed by atoms with van der Waals surface area (Å²) in [7, 11) is 0. The fourth-order valence-corrected chi connectivity index (χ4v) is 3.53. The second-order valence-corrected chi connectivity index (χ2v) is 6.86. The molecule has 4 rings (SSSR count). The van der Waals surface area contributed by atoms with Crippen LogP contribution in [-0.4, -0.2) is 42.1 Å². The molecule has 2 aromatic carbocycles. The molecule has 1 amide bonds. The Bertz CT molecular complexity index is 1090. The quantitative estimate of drug-likeness (QED) is 0.695. The van der Waals surface area contributed by atoms with Gasteiger partial charge in [-0.2, -0.15) is 5.26 Å². The highest BCUT2D eigenvalue weighted by Crippen LogP contribution is 2.34. The number of pyridine rings is 1. The van der Waals surface area contributed by atoms with Gasteiger partial charge in [-0.05, 0) is 36.8 Å². The number of amides is 1. The van der Waals surface area contributed by atoms with Gasteiger partial charge in [-0.3, -0.25) is 4.79 Å². The van der Waals surface area contributed by atoms with Gasteiger partial charge in [-0.25, -0.2) is 4.98 Å². The van der Waals surface area contributed by atoms with Gasteiger partial charge >= 0.3 is 0 Å². The van der Waals surface area contributed by atoms with E-state index >= 15 is 0 Å². The molecular weight excluding hydrogens is 376 g/mol. The Morgan fingerprint density at radius 1 is 1.13 bits per heavy atom. The molecule has 30 heavy (non-hydrogen) atoms. The van der Waals surface area contributed by atoms with Crippen LogP contribution in [0.2, 0.25) is 0 Å². The van der Waals surface area contributed by atoms with Crippen molar-refractivity contribution in [1.29, 1.82) is 5.26 Å². The summed E-state index contributed by atoms with van der Waals surface area (Å²) in [5.41, 5.74) is 10.4. The van der Waals surface area contributed by atoms with Crippen molar-refractivity contribution in [2.75, 3.05) is 32.0 Å². The van der Waals surface area contributed by atoms with E-state index < -0.39 is 0 Å². The van der Waals surface area contributed by atoms with Crippen LogP contribution in [0.1, 0.15) is 35.3 Å². The molecule has 0 aliphatic carbocycles. The second kappa shape index (κ2) is 9.38. The maximum atomic E-state index is 12.6. The largest absolute Gasteiger partial charge is 0.383 e. The summed E-state index contributed by atoms with van der Waals surface area (Å²) in [5, 5.41) is 10.6.